The van der Waals surface area contributed by atoms with Gasteiger partial charge in [0, 0.05) is 6.42 Å². The lowest BCUT2D eigenvalue weighted by Crippen LogP contribution is -1.77. The van der Waals surface area contributed by atoms with Crippen molar-refractivity contribution in [1.82, 2.24) is 8.75 Å². The molecule has 1 rings (SSSR count). The molecule has 0 aliphatic carbocycles. The lowest BCUT2D eigenvalue weighted by molar-refractivity contribution is 0.337. The molecule has 1 heterocycles. The van der Waals surface area contributed by atoms with Gasteiger partial charge in [0.05, 0.1) is 11.7 Å². The molecule has 0 atom stereocenters. The van der Waals surface area contributed by atoms with E-state index < -0.39 is 0 Å². The van der Waals surface area contributed by atoms with Crippen LogP contribution in [0.3, 0.4) is 0 Å². The molecular weight excluding hydrogens is 136 g/mol. The summed E-state index contributed by atoms with van der Waals surface area (Å²) in [5, 5.41) is 10.6. The minimum absolute atomic E-state index is 0.222. The normalized spacial score (nSPS) is 9.33. The fraction of sp³-hybridized carbons (Fsp3) is 0.200. The first-order chi connectivity index (χ1) is 4.34. The van der Waals surface area contributed by atoms with Crippen LogP contribution in [0.15, 0.2) is 12.7 Å². The van der Waals surface area contributed by atoms with Gasteiger partial charge >= 0.3 is 5.88 Å². The number of rotatable bonds is 2. The van der Waals surface area contributed by atoms with Crippen LogP contribution in [-0.2, 0) is 11.5 Å². The molecule has 0 bridgehead atoms. The van der Waals surface area contributed by atoms with Crippen LogP contribution in [0, 0.1) is 0 Å². The van der Waals surface area contributed by atoms with Gasteiger partial charge in [-0.05, 0) is 0 Å². The first kappa shape index (κ1) is 6.22. The second-order valence-corrected chi connectivity index (χ2v) is 2.04. The largest absolute Gasteiger partial charge is 0.304 e. The fourth-order valence-electron chi connectivity index (χ4n) is 0.460. The molecule has 0 saturated heterocycles. The van der Waals surface area contributed by atoms with Crippen molar-refractivity contribution in [2.24, 2.45) is 0 Å². The molecule has 1 aromatic rings. The first-order valence-electron chi connectivity index (χ1n) is 2.44. The number of hydrogen-bond donors (Lipinski definition) is 0. The zero-order valence-corrected chi connectivity index (χ0v) is 5.52. The summed E-state index contributed by atoms with van der Waals surface area (Å²) in [6.45, 7) is 3.47. The molecule has 0 aliphatic heterocycles. The van der Waals surface area contributed by atoms with Gasteiger partial charge in [0.2, 0.25) is 0 Å². The number of aromatic nitrogens is 2. The third-order valence-electron chi connectivity index (χ3n) is 0.859. The van der Waals surface area contributed by atoms with Crippen LogP contribution in [0.25, 0.3) is 0 Å². The minimum atomic E-state index is -0.222. The van der Waals surface area contributed by atoms with Crippen LogP contribution in [-0.4, -0.2) is 8.75 Å². The molecule has 0 saturated carbocycles. The van der Waals surface area contributed by atoms with Crippen LogP contribution in [0.5, 0.6) is 5.88 Å². The maximum Gasteiger partial charge on any atom is 0.304 e. The number of allylic oxidation sites excluding steroid dienone is 1. The SMILES string of the molecule is C=CCc1nsnc1[O]. The van der Waals surface area contributed by atoms with Crippen molar-refractivity contribution >= 4 is 11.7 Å². The predicted octanol–water partition coefficient (Wildman–Crippen LogP) is 1.41. The fourth-order valence-corrected chi connectivity index (χ4v) is 0.931. The maximum atomic E-state index is 10.6. The van der Waals surface area contributed by atoms with Gasteiger partial charge < -0.3 is 0 Å². The van der Waals surface area contributed by atoms with E-state index in [1.165, 1.54) is 0 Å². The average Bonchev–Trinajstić information content (AvgIpc) is 2.18. The van der Waals surface area contributed by atoms with E-state index in [-0.39, 0.29) is 5.88 Å². The number of hydrogen-bond acceptors (Lipinski definition) is 3. The summed E-state index contributed by atoms with van der Waals surface area (Å²) in [4.78, 5) is 0. The van der Waals surface area contributed by atoms with E-state index in [0.717, 1.165) is 11.7 Å². The van der Waals surface area contributed by atoms with Crippen LogP contribution in [0.4, 0.5) is 0 Å². The molecule has 0 aliphatic rings. The van der Waals surface area contributed by atoms with E-state index in [9.17, 15) is 5.11 Å². The van der Waals surface area contributed by atoms with E-state index in [1.807, 2.05) is 0 Å². The topological polar surface area (TPSA) is 45.7 Å². The molecule has 0 amide bonds. The van der Waals surface area contributed by atoms with Gasteiger partial charge in [-0.2, -0.15) is 4.37 Å². The Morgan fingerprint density at radius 3 is 2.89 bits per heavy atom. The van der Waals surface area contributed by atoms with Crippen LogP contribution in [0.2, 0.25) is 0 Å². The zero-order chi connectivity index (χ0) is 6.69. The molecule has 0 unspecified atom stereocenters. The molecule has 47 valence electrons. The third-order valence-corrected chi connectivity index (χ3v) is 1.41. The average molecular weight is 141 g/mol. The van der Waals surface area contributed by atoms with Crippen molar-refractivity contribution < 1.29 is 5.11 Å². The molecule has 0 N–H and O–H groups in total. The van der Waals surface area contributed by atoms with Gasteiger partial charge in [0.25, 0.3) is 0 Å². The Morgan fingerprint density at radius 1 is 1.67 bits per heavy atom. The standard InChI is InChI=1S/C5H5N2OS/c1-2-3-4-5(8)7-9-6-4/h2H,1,3H2. The lowest BCUT2D eigenvalue weighted by Gasteiger charge is -1.81. The molecule has 0 spiro atoms. The Bertz CT molecular complexity index is 208. The lowest BCUT2D eigenvalue weighted by atomic mass is 10.3. The summed E-state index contributed by atoms with van der Waals surface area (Å²) in [5.74, 6) is -0.222. The van der Waals surface area contributed by atoms with Crippen molar-refractivity contribution in [3.05, 3.63) is 18.3 Å². The summed E-state index contributed by atoms with van der Waals surface area (Å²) in [6.07, 6.45) is 2.16. The Hall–Kier alpha value is -0.900. The molecule has 9 heavy (non-hydrogen) atoms. The Labute approximate surface area is 57.0 Å². The molecule has 0 fully saturated rings. The molecule has 1 radical (unpaired) electrons. The smallest absolute Gasteiger partial charge is 0.264 e. The van der Waals surface area contributed by atoms with Gasteiger partial charge in [0.15, 0.2) is 0 Å². The van der Waals surface area contributed by atoms with Crippen molar-refractivity contribution in [2.45, 2.75) is 6.42 Å². The Morgan fingerprint density at radius 2 is 2.44 bits per heavy atom. The first-order valence-corrected chi connectivity index (χ1v) is 3.17. The van der Waals surface area contributed by atoms with Crippen molar-refractivity contribution in [2.75, 3.05) is 0 Å². The third kappa shape index (κ3) is 1.26. The van der Waals surface area contributed by atoms with Gasteiger partial charge in [-0.3, -0.25) is 5.11 Å². The highest BCUT2D eigenvalue weighted by Crippen LogP contribution is 2.13. The predicted molar refractivity (Wildman–Crippen MR) is 33.9 cm³/mol. The van der Waals surface area contributed by atoms with Crippen LogP contribution in [0.1, 0.15) is 5.69 Å². The molecule has 3 nitrogen and oxygen atoms in total. The zero-order valence-electron chi connectivity index (χ0n) is 4.70. The van der Waals surface area contributed by atoms with Crippen molar-refractivity contribution in [3.63, 3.8) is 0 Å². The number of nitrogens with zero attached hydrogens (tertiary/aromatic N) is 2. The summed E-state index contributed by atoms with van der Waals surface area (Å²) in [7, 11) is 0. The second kappa shape index (κ2) is 2.59. The maximum absolute atomic E-state index is 10.6. The molecule has 0 aromatic carbocycles. The summed E-state index contributed by atoms with van der Waals surface area (Å²) in [5.41, 5.74) is 0.495. The minimum Gasteiger partial charge on any atom is -0.264 e. The van der Waals surface area contributed by atoms with Gasteiger partial charge in [-0.15, -0.1) is 11.0 Å². The summed E-state index contributed by atoms with van der Waals surface area (Å²) >= 11 is 0.946. The molecular formula is C5H5N2OS. The van der Waals surface area contributed by atoms with E-state index >= 15 is 0 Å². The van der Waals surface area contributed by atoms with Gasteiger partial charge in [0.1, 0.15) is 5.69 Å². The van der Waals surface area contributed by atoms with E-state index in [2.05, 4.69) is 15.3 Å². The molecule has 1 aromatic heterocycles. The highest BCUT2D eigenvalue weighted by molar-refractivity contribution is 6.99. The Kier molecular flexibility index (Phi) is 1.79. The van der Waals surface area contributed by atoms with Gasteiger partial charge in [-0.1, -0.05) is 6.08 Å². The monoisotopic (exact) mass is 141 g/mol. The van der Waals surface area contributed by atoms with Gasteiger partial charge in [-0.25, -0.2) is 0 Å². The van der Waals surface area contributed by atoms with Crippen LogP contribution >= 0.6 is 11.7 Å². The summed E-state index contributed by atoms with van der Waals surface area (Å²) in [6, 6.07) is 0. The quantitative estimate of drug-likeness (QED) is 0.584. The summed E-state index contributed by atoms with van der Waals surface area (Å²) < 4.78 is 7.21. The van der Waals surface area contributed by atoms with Crippen molar-refractivity contribution in [1.29, 1.82) is 0 Å². The van der Waals surface area contributed by atoms with E-state index in [0.29, 0.717) is 12.1 Å². The highest BCUT2D eigenvalue weighted by Gasteiger charge is 2.03. The van der Waals surface area contributed by atoms with E-state index in [4.69, 9.17) is 0 Å². The molecule has 4 heteroatoms. The van der Waals surface area contributed by atoms with E-state index in [1.54, 1.807) is 6.08 Å². The Balaban J connectivity index is 2.80. The highest BCUT2D eigenvalue weighted by atomic mass is 32.1. The van der Waals surface area contributed by atoms with Crippen LogP contribution < -0.4 is 0 Å². The van der Waals surface area contributed by atoms with Crippen molar-refractivity contribution in [3.8, 4) is 5.88 Å². The second-order valence-electron chi connectivity index (χ2n) is 1.51.